The molecule has 0 aromatic heterocycles. The Hall–Kier alpha value is -2.54. The first-order valence-electron chi connectivity index (χ1n) is 7.88. The number of nitrogens with one attached hydrogen (secondary N) is 2. The van der Waals surface area contributed by atoms with Gasteiger partial charge < -0.3 is 10.4 Å². The number of benzene rings is 2. The second kappa shape index (κ2) is 7.57. The second-order valence-corrected chi connectivity index (χ2v) is 7.82. The Kier molecular flexibility index (Phi) is 5.69. The summed E-state index contributed by atoms with van der Waals surface area (Å²) < 4.78 is 27.3. The van der Waals surface area contributed by atoms with Gasteiger partial charge in [0.1, 0.15) is 10.6 Å². The maximum absolute atomic E-state index is 12.4. The predicted molar refractivity (Wildman–Crippen MR) is 97.1 cm³/mol. The Morgan fingerprint density at radius 3 is 2.36 bits per heavy atom. The lowest BCUT2D eigenvalue weighted by atomic mass is 10.1. The summed E-state index contributed by atoms with van der Waals surface area (Å²) >= 11 is 0. The number of carbonyl (C=O) groups excluding carboxylic acids is 1. The molecule has 0 aliphatic rings. The van der Waals surface area contributed by atoms with Gasteiger partial charge in [-0.05, 0) is 56.2 Å². The predicted octanol–water partition coefficient (Wildman–Crippen LogP) is 2.57. The summed E-state index contributed by atoms with van der Waals surface area (Å²) in [5, 5.41) is 12.6. The molecular weight excluding hydrogens is 340 g/mol. The van der Waals surface area contributed by atoms with Crippen molar-refractivity contribution in [2.75, 3.05) is 4.72 Å². The van der Waals surface area contributed by atoms with Gasteiger partial charge in [-0.15, -0.1) is 0 Å². The van der Waals surface area contributed by atoms with Crippen LogP contribution in [0.25, 0.3) is 0 Å². The Morgan fingerprint density at radius 2 is 1.76 bits per heavy atom. The molecule has 2 aromatic rings. The SMILES string of the molecule is Cc1ccc(O)c(S(=O)(=O)Nc2ccc(CC(=O)NC(C)C)cc2)c1. The molecule has 25 heavy (non-hydrogen) atoms. The highest BCUT2D eigenvalue weighted by molar-refractivity contribution is 7.92. The van der Waals surface area contributed by atoms with E-state index in [-0.39, 0.29) is 29.0 Å². The van der Waals surface area contributed by atoms with Crippen molar-refractivity contribution in [2.45, 2.75) is 38.1 Å². The van der Waals surface area contributed by atoms with E-state index < -0.39 is 10.0 Å². The van der Waals surface area contributed by atoms with Crippen molar-refractivity contribution in [1.82, 2.24) is 5.32 Å². The summed E-state index contributed by atoms with van der Waals surface area (Å²) in [5.74, 6) is -0.395. The van der Waals surface area contributed by atoms with Crippen LogP contribution in [-0.2, 0) is 21.2 Å². The van der Waals surface area contributed by atoms with E-state index in [0.717, 1.165) is 11.1 Å². The monoisotopic (exact) mass is 362 g/mol. The number of hydrogen-bond donors (Lipinski definition) is 3. The Morgan fingerprint density at radius 1 is 1.12 bits per heavy atom. The molecule has 0 heterocycles. The third-order valence-corrected chi connectivity index (χ3v) is 4.84. The van der Waals surface area contributed by atoms with Crippen LogP contribution in [0.3, 0.4) is 0 Å². The first kappa shape index (κ1) is 18.8. The van der Waals surface area contributed by atoms with Crippen molar-refractivity contribution in [3.05, 3.63) is 53.6 Å². The average Bonchev–Trinajstić information content (AvgIpc) is 2.50. The minimum atomic E-state index is -3.90. The lowest BCUT2D eigenvalue weighted by molar-refractivity contribution is -0.120. The molecule has 0 bridgehead atoms. The molecule has 3 N–H and O–H groups in total. The average molecular weight is 362 g/mol. The third kappa shape index (κ3) is 5.22. The van der Waals surface area contributed by atoms with Gasteiger partial charge in [0.15, 0.2) is 0 Å². The standard InChI is InChI=1S/C18H22N2O4S/c1-12(2)19-18(22)11-14-5-7-15(8-6-14)20-25(23,24)17-10-13(3)4-9-16(17)21/h4-10,12,20-21H,11H2,1-3H3,(H,19,22). The van der Waals surface area contributed by atoms with Crippen LogP contribution >= 0.6 is 0 Å². The van der Waals surface area contributed by atoms with E-state index in [0.29, 0.717) is 5.69 Å². The van der Waals surface area contributed by atoms with E-state index >= 15 is 0 Å². The molecule has 2 rings (SSSR count). The lowest BCUT2D eigenvalue weighted by Gasteiger charge is -2.11. The summed E-state index contributed by atoms with van der Waals surface area (Å²) in [6.07, 6.45) is 0.226. The summed E-state index contributed by atoms with van der Waals surface area (Å²) in [4.78, 5) is 11.6. The fourth-order valence-corrected chi connectivity index (χ4v) is 3.54. The molecule has 2 aromatic carbocycles. The number of rotatable bonds is 6. The minimum absolute atomic E-state index is 0.0700. The Bertz CT molecular complexity index is 859. The van der Waals surface area contributed by atoms with E-state index in [4.69, 9.17) is 0 Å². The van der Waals surface area contributed by atoms with Crippen LogP contribution in [0.15, 0.2) is 47.4 Å². The summed E-state index contributed by atoms with van der Waals surface area (Å²) in [7, 11) is -3.90. The number of aromatic hydroxyl groups is 1. The van der Waals surface area contributed by atoms with Gasteiger partial charge in [0.25, 0.3) is 10.0 Å². The van der Waals surface area contributed by atoms with E-state index in [9.17, 15) is 18.3 Å². The van der Waals surface area contributed by atoms with Gasteiger partial charge in [-0.1, -0.05) is 18.2 Å². The molecule has 7 heteroatoms. The van der Waals surface area contributed by atoms with Crippen LogP contribution in [0.2, 0.25) is 0 Å². The van der Waals surface area contributed by atoms with Crippen molar-refractivity contribution in [2.24, 2.45) is 0 Å². The molecule has 0 fully saturated rings. The fraction of sp³-hybridized carbons (Fsp3) is 0.278. The summed E-state index contributed by atoms with van der Waals surface area (Å²) in [6, 6.07) is 11.0. The molecule has 6 nitrogen and oxygen atoms in total. The van der Waals surface area contributed by atoms with Crippen molar-refractivity contribution in [3.8, 4) is 5.75 Å². The lowest BCUT2D eigenvalue weighted by Crippen LogP contribution is -2.31. The quantitative estimate of drug-likeness (QED) is 0.736. The van der Waals surface area contributed by atoms with Gasteiger partial charge in [0.2, 0.25) is 5.91 Å². The van der Waals surface area contributed by atoms with E-state index in [1.54, 1.807) is 37.3 Å². The van der Waals surface area contributed by atoms with Crippen LogP contribution in [0.5, 0.6) is 5.75 Å². The van der Waals surface area contributed by atoms with Gasteiger partial charge in [0, 0.05) is 11.7 Å². The number of phenolic OH excluding ortho intramolecular Hbond substituents is 1. The summed E-state index contributed by atoms with van der Waals surface area (Å²) in [6.45, 7) is 5.52. The van der Waals surface area contributed by atoms with Crippen LogP contribution in [0.4, 0.5) is 5.69 Å². The number of hydrogen-bond acceptors (Lipinski definition) is 4. The van der Waals surface area contributed by atoms with Crippen molar-refractivity contribution in [3.63, 3.8) is 0 Å². The van der Waals surface area contributed by atoms with Crippen LogP contribution in [-0.4, -0.2) is 25.5 Å². The zero-order chi connectivity index (χ0) is 18.6. The normalized spacial score (nSPS) is 11.4. The van der Waals surface area contributed by atoms with Gasteiger partial charge >= 0.3 is 0 Å². The first-order valence-corrected chi connectivity index (χ1v) is 9.36. The number of sulfonamides is 1. The Labute approximate surface area is 147 Å². The maximum atomic E-state index is 12.4. The molecule has 134 valence electrons. The van der Waals surface area contributed by atoms with E-state index in [1.807, 2.05) is 13.8 Å². The molecule has 0 aliphatic heterocycles. The van der Waals surface area contributed by atoms with Gasteiger partial charge in [-0.2, -0.15) is 0 Å². The molecule has 0 unspecified atom stereocenters. The maximum Gasteiger partial charge on any atom is 0.265 e. The van der Waals surface area contributed by atoms with Gasteiger partial charge in [0.05, 0.1) is 6.42 Å². The zero-order valence-electron chi connectivity index (χ0n) is 14.4. The number of anilines is 1. The molecule has 1 amide bonds. The number of amides is 1. The van der Waals surface area contributed by atoms with E-state index in [1.165, 1.54) is 12.1 Å². The second-order valence-electron chi connectivity index (χ2n) is 6.17. The van der Waals surface area contributed by atoms with Crippen LogP contribution in [0, 0.1) is 6.92 Å². The highest BCUT2D eigenvalue weighted by atomic mass is 32.2. The number of carbonyl (C=O) groups is 1. The topological polar surface area (TPSA) is 95.5 Å². The zero-order valence-corrected chi connectivity index (χ0v) is 15.2. The van der Waals surface area contributed by atoms with Gasteiger partial charge in [-0.25, -0.2) is 8.42 Å². The van der Waals surface area contributed by atoms with E-state index in [2.05, 4.69) is 10.0 Å². The third-order valence-electron chi connectivity index (χ3n) is 3.43. The highest BCUT2D eigenvalue weighted by Gasteiger charge is 2.19. The van der Waals surface area contributed by atoms with Crippen molar-refractivity contribution < 1.29 is 18.3 Å². The van der Waals surface area contributed by atoms with Crippen LogP contribution in [0.1, 0.15) is 25.0 Å². The molecule has 0 radical (unpaired) electrons. The van der Waals surface area contributed by atoms with Gasteiger partial charge in [-0.3, -0.25) is 9.52 Å². The summed E-state index contributed by atoms with van der Waals surface area (Å²) in [5.41, 5.74) is 1.86. The smallest absolute Gasteiger partial charge is 0.265 e. The molecule has 0 aliphatic carbocycles. The molecule has 0 saturated heterocycles. The Balaban J connectivity index is 2.12. The van der Waals surface area contributed by atoms with Crippen LogP contribution < -0.4 is 10.0 Å². The largest absolute Gasteiger partial charge is 0.507 e. The number of aryl methyl sites for hydroxylation is 1. The molecule has 0 spiro atoms. The highest BCUT2D eigenvalue weighted by Crippen LogP contribution is 2.25. The first-order chi connectivity index (χ1) is 11.7. The van der Waals surface area contributed by atoms with Crippen molar-refractivity contribution >= 4 is 21.6 Å². The molecule has 0 saturated carbocycles. The molecular formula is C18H22N2O4S. The minimum Gasteiger partial charge on any atom is -0.507 e. The fourth-order valence-electron chi connectivity index (χ4n) is 2.30. The molecule has 0 atom stereocenters. The number of phenols is 1. The van der Waals surface area contributed by atoms with Crippen molar-refractivity contribution in [1.29, 1.82) is 0 Å².